The first-order valence-corrected chi connectivity index (χ1v) is 10.7. The summed E-state index contributed by atoms with van der Waals surface area (Å²) in [6, 6.07) is 20.0. The predicted octanol–water partition coefficient (Wildman–Crippen LogP) is 6.37. The lowest BCUT2D eigenvalue weighted by Crippen LogP contribution is -2.12. The fourth-order valence-corrected chi connectivity index (χ4v) is 4.08. The molecule has 3 aromatic carbocycles. The minimum absolute atomic E-state index is 0.0616. The zero-order valence-corrected chi connectivity index (χ0v) is 18.4. The average molecular weight is 442 g/mol. The summed E-state index contributed by atoms with van der Waals surface area (Å²) in [5.41, 5.74) is 4.44. The molecule has 4 rings (SSSR count). The highest BCUT2D eigenvalue weighted by atomic mass is 19.1. The molecule has 2 atom stereocenters. The van der Waals surface area contributed by atoms with Crippen LogP contribution in [-0.2, 0) is 4.79 Å². The van der Waals surface area contributed by atoms with E-state index in [2.05, 4.69) is 16.8 Å². The number of carboxylic acids is 1. The van der Waals surface area contributed by atoms with Crippen LogP contribution in [0.5, 0.6) is 5.75 Å². The van der Waals surface area contributed by atoms with E-state index >= 15 is 0 Å². The molecular weight excluding hydrogens is 417 g/mol. The Morgan fingerprint density at radius 3 is 2.58 bits per heavy atom. The molecule has 2 unspecified atom stereocenters. The topological polar surface area (TPSA) is 62.3 Å². The van der Waals surface area contributed by atoms with E-state index in [1.807, 2.05) is 61.7 Å². The average Bonchev–Trinajstić information content (AvgIpc) is 3.27. The summed E-state index contributed by atoms with van der Waals surface area (Å²) in [6.07, 6.45) is 1.37. The molecule has 33 heavy (non-hydrogen) atoms. The Hall–Kier alpha value is -4.04. The number of hydrogen-bond acceptors (Lipinski definition) is 2. The summed E-state index contributed by atoms with van der Waals surface area (Å²) in [7, 11) is 0. The van der Waals surface area contributed by atoms with E-state index < -0.39 is 12.1 Å². The summed E-state index contributed by atoms with van der Waals surface area (Å²) >= 11 is 0. The van der Waals surface area contributed by atoms with Gasteiger partial charge in [0.15, 0.2) is 0 Å². The molecule has 1 aromatic heterocycles. The van der Waals surface area contributed by atoms with Gasteiger partial charge in [-0.25, -0.2) is 4.39 Å². The van der Waals surface area contributed by atoms with E-state index in [0.29, 0.717) is 5.75 Å². The first-order valence-electron chi connectivity index (χ1n) is 10.7. The number of rotatable bonds is 7. The zero-order valence-electron chi connectivity index (χ0n) is 18.4. The number of nitrogens with one attached hydrogen (secondary N) is 1. The van der Waals surface area contributed by atoms with Gasteiger partial charge in [0.25, 0.3) is 0 Å². The van der Waals surface area contributed by atoms with Crippen molar-refractivity contribution in [1.29, 1.82) is 0 Å². The Labute approximate surface area is 192 Å². The van der Waals surface area contributed by atoms with Crippen LogP contribution in [0.4, 0.5) is 4.39 Å². The second kappa shape index (κ2) is 9.62. The molecule has 0 saturated carbocycles. The number of hydrogen-bond donors (Lipinski definition) is 2. The van der Waals surface area contributed by atoms with Gasteiger partial charge in [-0.05, 0) is 61.4 Å². The van der Waals surface area contributed by atoms with Crippen LogP contribution in [-0.4, -0.2) is 16.1 Å². The molecule has 0 spiro atoms. The first kappa shape index (κ1) is 22.2. The number of benzene rings is 3. The molecule has 1 heterocycles. The van der Waals surface area contributed by atoms with Gasteiger partial charge in [0.05, 0.1) is 12.3 Å². The highest BCUT2D eigenvalue weighted by Gasteiger charge is 2.22. The highest BCUT2D eigenvalue weighted by molar-refractivity contribution is 5.83. The van der Waals surface area contributed by atoms with Crippen molar-refractivity contribution in [3.8, 4) is 17.6 Å². The van der Waals surface area contributed by atoms with E-state index in [1.165, 1.54) is 12.1 Å². The number of ether oxygens (including phenoxy) is 1. The van der Waals surface area contributed by atoms with Crippen LogP contribution in [0.1, 0.15) is 47.6 Å². The van der Waals surface area contributed by atoms with Gasteiger partial charge in [-0.15, -0.1) is 5.92 Å². The normalized spacial score (nSPS) is 12.6. The van der Waals surface area contributed by atoms with Crippen molar-refractivity contribution >= 4 is 16.9 Å². The number of halogens is 1. The molecule has 0 aliphatic heterocycles. The maximum Gasteiger partial charge on any atom is 0.304 e. The second-order valence-corrected chi connectivity index (χ2v) is 7.90. The van der Waals surface area contributed by atoms with Crippen molar-refractivity contribution in [2.24, 2.45) is 0 Å². The molecule has 4 aromatic rings. The van der Waals surface area contributed by atoms with Crippen molar-refractivity contribution in [3.63, 3.8) is 0 Å². The summed E-state index contributed by atoms with van der Waals surface area (Å²) in [5, 5.41) is 10.2. The molecular formula is C28H24FNO3. The molecule has 0 amide bonds. The molecule has 166 valence electrons. The van der Waals surface area contributed by atoms with Crippen LogP contribution in [0.3, 0.4) is 0 Å². The largest absolute Gasteiger partial charge is 0.481 e. The fourth-order valence-electron chi connectivity index (χ4n) is 4.08. The van der Waals surface area contributed by atoms with E-state index in [9.17, 15) is 14.3 Å². The van der Waals surface area contributed by atoms with Gasteiger partial charge < -0.3 is 14.8 Å². The third-order valence-corrected chi connectivity index (χ3v) is 5.66. The summed E-state index contributed by atoms with van der Waals surface area (Å²) < 4.78 is 20.3. The van der Waals surface area contributed by atoms with E-state index in [1.54, 1.807) is 13.0 Å². The lowest BCUT2D eigenvalue weighted by Gasteiger charge is -2.23. The van der Waals surface area contributed by atoms with Crippen molar-refractivity contribution in [2.45, 2.75) is 32.3 Å². The third-order valence-electron chi connectivity index (χ3n) is 5.66. The second-order valence-electron chi connectivity index (χ2n) is 7.90. The van der Waals surface area contributed by atoms with Crippen molar-refractivity contribution in [2.75, 3.05) is 0 Å². The number of fused-ring (bicyclic) bond motifs is 1. The maximum absolute atomic E-state index is 13.8. The lowest BCUT2D eigenvalue weighted by atomic mass is 9.94. The number of carboxylic acid groups (broad SMARTS) is 1. The van der Waals surface area contributed by atoms with Gasteiger partial charge in [0.1, 0.15) is 17.7 Å². The highest BCUT2D eigenvalue weighted by Crippen LogP contribution is 2.35. The Morgan fingerprint density at radius 2 is 1.88 bits per heavy atom. The van der Waals surface area contributed by atoms with Gasteiger partial charge in [0, 0.05) is 28.2 Å². The van der Waals surface area contributed by atoms with Crippen molar-refractivity contribution in [1.82, 2.24) is 4.98 Å². The molecule has 0 aliphatic carbocycles. The Balaban J connectivity index is 1.72. The van der Waals surface area contributed by atoms with E-state index in [4.69, 9.17) is 4.74 Å². The van der Waals surface area contributed by atoms with E-state index in [-0.39, 0.29) is 18.2 Å². The van der Waals surface area contributed by atoms with E-state index in [0.717, 1.165) is 33.2 Å². The standard InChI is InChI=1S/C28H24FNO3/c1-3-5-20(17-27(31)32)19-8-11-22(12-9-19)33-28(23-13-10-21(29)16-18(23)2)25-6-4-7-26-24(25)14-15-30-26/h4,6-16,20,28,30H,17H2,1-2H3,(H,31,32). The number of aromatic nitrogens is 1. The quantitative estimate of drug-likeness (QED) is 0.328. The Morgan fingerprint density at radius 1 is 1.09 bits per heavy atom. The summed E-state index contributed by atoms with van der Waals surface area (Å²) in [5.74, 6) is 4.82. The molecule has 0 radical (unpaired) electrons. The van der Waals surface area contributed by atoms with Gasteiger partial charge >= 0.3 is 5.97 Å². The molecule has 0 fully saturated rings. The van der Waals surface area contributed by atoms with Crippen LogP contribution >= 0.6 is 0 Å². The van der Waals surface area contributed by atoms with Gasteiger partial charge in [-0.1, -0.05) is 36.3 Å². The zero-order chi connectivity index (χ0) is 23.4. The van der Waals surface area contributed by atoms with Gasteiger partial charge in [-0.3, -0.25) is 4.79 Å². The molecule has 0 saturated heterocycles. The third kappa shape index (κ3) is 4.91. The summed E-state index contributed by atoms with van der Waals surface area (Å²) in [4.78, 5) is 14.4. The number of aryl methyl sites for hydroxylation is 1. The molecule has 5 heteroatoms. The molecule has 4 nitrogen and oxygen atoms in total. The molecule has 0 bridgehead atoms. The van der Waals surface area contributed by atoms with Crippen LogP contribution in [0, 0.1) is 24.6 Å². The number of aromatic amines is 1. The smallest absolute Gasteiger partial charge is 0.304 e. The van der Waals surface area contributed by atoms with Crippen LogP contribution in [0.2, 0.25) is 0 Å². The van der Waals surface area contributed by atoms with Crippen molar-refractivity contribution in [3.05, 3.63) is 101 Å². The number of carbonyl (C=O) groups is 1. The maximum atomic E-state index is 13.8. The minimum Gasteiger partial charge on any atom is -0.481 e. The Bertz CT molecular complexity index is 1350. The monoisotopic (exact) mass is 441 g/mol. The first-order chi connectivity index (χ1) is 16.0. The van der Waals surface area contributed by atoms with Gasteiger partial charge in [0.2, 0.25) is 0 Å². The minimum atomic E-state index is -0.894. The SMILES string of the molecule is CC#CC(CC(=O)O)c1ccc(OC(c2ccc(F)cc2C)c2cccc3[nH]ccc23)cc1. The van der Waals surface area contributed by atoms with Crippen LogP contribution < -0.4 is 4.74 Å². The summed E-state index contributed by atoms with van der Waals surface area (Å²) in [6.45, 7) is 3.57. The lowest BCUT2D eigenvalue weighted by molar-refractivity contribution is -0.137. The van der Waals surface area contributed by atoms with Crippen molar-refractivity contribution < 1.29 is 19.0 Å². The van der Waals surface area contributed by atoms with Gasteiger partial charge in [-0.2, -0.15) is 0 Å². The Kier molecular flexibility index (Phi) is 6.46. The number of aliphatic carboxylic acids is 1. The van der Waals surface area contributed by atoms with Crippen LogP contribution in [0.25, 0.3) is 10.9 Å². The predicted molar refractivity (Wildman–Crippen MR) is 127 cm³/mol. The number of H-pyrrole nitrogens is 1. The van der Waals surface area contributed by atoms with Crippen LogP contribution in [0.15, 0.2) is 72.9 Å². The fraction of sp³-hybridized carbons (Fsp3) is 0.179. The molecule has 2 N–H and O–H groups in total. The molecule has 0 aliphatic rings.